The van der Waals surface area contributed by atoms with Crippen LogP contribution in [-0.4, -0.2) is 55.1 Å². The highest BCUT2D eigenvalue weighted by atomic mass is 32.2. The Hall–Kier alpha value is -0.790. The average Bonchev–Trinajstić information content (AvgIpc) is 3.05. The molecule has 102 valence electrons. The first-order valence-corrected chi connectivity index (χ1v) is 7.29. The maximum Gasteiger partial charge on any atom is 0.318 e. The topological polar surface area (TPSA) is 63.4 Å². The molecule has 0 spiro atoms. The van der Waals surface area contributed by atoms with E-state index in [9.17, 15) is 0 Å². The Morgan fingerprint density at radius 2 is 2.44 bits per heavy atom. The summed E-state index contributed by atoms with van der Waals surface area (Å²) in [7, 11) is 3.70. The summed E-state index contributed by atoms with van der Waals surface area (Å²) < 4.78 is 10.6. The summed E-state index contributed by atoms with van der Waals surface area (Å²) in [6, 6.07) is 1.13. The van der Waals surface area contributed by atoms with Gasteiger partial charge in [-0.3, -0.25) is 0 Å². The summed E-state index contributed by atoms with van der Waals surface area (Å²) in [4.78, 5) is 2.09. The second-order valence-corrected chi connectivity index (χ2v) is 5.43. The van der Waals surface area contributed by atoms with Gasteiger partial charge in [0.1, 0.15) is 0 Å². The van der Waals surface area contributed by atoms with Crippen molar-refractivity contribution in [3.8, 4) is 0 Å². The Kier molecular flexibility index (Phi) is 5.27. The lowest BCUT2D eigenvalue weighted by molar-refractivity contribution is 0.198. The monoisotopic (exact) mass is 272 g/mol. The normalized spacial score (nSPS) is 19.3. The fraction of sp³-hybridized carbons (Fsp3) is 0.818. The first kappa shape index (κ1) is 13.6. The van der Waals surface area contributed by atoms with Gasteiger partial charge in [-0.05, 0) is 12.2 Å². The molecule has 0 aliphatic carbocycles. The number of nitrogens with one attached hydrogen (secondary N) is 1. The number of methoxy groups -OCH3 is 1. The summed E-state index contributed by atoms with van der Waals surface area (Å²) in [5, 5.41) is 11.3. The van der Waals surface area contributed by atoms with Crippen molar-refractivity contribution in [1.82, 2.24) is 15.5 Å². The second kappa shape index (κ2) is 6.96. The van der Waals surface area contributed by atoms with Crippen LogP contribution in [0.4, 0.5) is 6.01 Å². The molecule has 1 aliphatic heterocycles. The maximum absolute atomic E-state index is 5.63. The molecular formula is C11H20N4O2S. The smallest absolute Gasteiger partial charge is 0.318 e. The molecule has 0 aromatic carbocycles. The highest BCUT2D eigenvalue weighted by Gasteiger charge is 2.23. The lowest BCUT2D eigenvalue weighted by Crippen LogP contribution is -2.31. The van der Waals surface area contributed by atoms with Gasteiger partial charge in [0, 0.05) is 32.5 Å². The number of aromatic nitrogens is 2. The minimum absolute atomic E-state index is 0.518. The van der Waals surface area contributed by atoms with Crippen LogP contribution in [0.3, 0.4) is 0 Å². The van der Waals surface area contributed by atoms with Crippen molar-refractivity contribution in [2.75, 3.05) is 43.7 Å². The molecular weight excluding hydrogens is 252 g/mol. The third kappa shape index (κ3) is 3.60. The van der Waals surface area contributed by atoms with Crippen molar-refractivity contribution < 1.29 is 9.15 Å². The van der Waals surface area contributed by atoms with E-state index in [-0.39, 0.29) is 0 Å². The molecule has 2 heterocycles. The molecule has 1 aliphatic rings. The average molecular weight is 272 g/mol. The number of hydrogen-bond donors (Lipinski definition) is 1. The summed E-state index contributed by atoms with van der Waals surface area (Å²) >= 11 is 1.97. The Labute approximate surface area is 111 Å². The van der Waals surface area contributed by atoms with Crippen LogP contribution in [0, 0.1) is 0 Å². The van der Waals surface area contributed by atoms with Gasteiger partial charge < -0.3 is 19.4 Å². The van der Waals surface area contributed by atoms with Gasteiger partial charge in [-0.15, -0.1) is 5.10 Å². The predicted molar refractivity (Wildman–Crippen MR) is 72.0 cm³/mol. The molecule has 2 rings (SSSR count). The van der Waals surface area contributed by atoms with E-state index in [0.29, 0.717) is 31.1 Å². The Bertz CT molecular complexity index is 355. The predicted octanol–water partition coefficient (Wildman–Crippen LogP) is 0.747. The van der Waals surface area contributed by atoms with Crippen LogP contribution in [-0.2, 0) is 11.3 Å². The van der Waals surface area contributed by atoms with Gasteiger partial charge in [-0.25, -0.2) is 0 Å². The number of ether oxygens (including phenoxy) is 1. The van der Waals surface area contributed by atoms with Crippen molar-refractivity contribution in [1.29, 1.82) is 0 Å². The molecule has 18 heavy (non-hydrogen) atoms. The van der Waals surface area contributed by atoms with Gasteiger partial charge in [-0.2, -0.15) is 11.8 Å². The van der Waals surface area contributed by atoms with Crippen LogP contribution in [0.5, 0.6) is 0 Å². The first-order chi connectivity index (χ1) is 8.81. The van der Waals surface area contributed by atoms with Crippen molar-refractivity contribution in [3.63, 3.8) is 0 Å². The van der Waals surface area contributed by atoms with Gasteiger partial charge in [0.2, 0.25) is 5.89 Å². The quantitative estimate of drug-likeness (QED) is 0.735. The van der Waals surface area contributed by atoms with Crippen LogP contribution < -0.4 is 10.2 Å². The van der Waals surface area contributed by atoms with Crippen LogP contribution in [0.15, 0.2) is 4.42 Å². The van der Waals surface area contributed by atoms with Crippen LogP contribution >= 0.6 is 11.8 Å². The number of hydrogen-bond acceptors (Lipinski definition) is 7. The van der Waals surface area contributed by atoms with Gasteiger partial charge in [-0.1, -0.05) is 5.10 Å². The van der Waals surface area contributed by atoms with Crippen LogP contribution in [0.2, 0.25) is 0 Å². The molecule has 0 saturated carbocycles. The standard InChI is InChI=1S/C11H20N4O2S/c1-15(9-3-6-18-8-9)11-14-13-10(17-11)7-12-4-5-16-2/h9,12H,3-8H2,1-2H3. The lowest BCUT2D eigenvalue weighted by atomic mass is 10.2. The lowest BCUT2D eigenvalue weighted by Gasteiger charge is -2.20. The van der Waals surface area contributed by atoms with E-state index < -0.39 is 0 Å². The molecule has 1 aromatic heterocycles. The number of thioether (sulfide) groups is 1. The van der Waals surface area contributed by atoms with Crippen molar-refractivity contribution in [2.24, 2.45) is 0 Å². The van der Waals surface area contributed by atoms with E-state index in [0.717, 1.165) is 12.3 Å². The minimum atomic E-state index is 0.518. The maximum atomic E-state index is 5.63. The highest BCUT2D eigenvalue weighted by Crippen LogP contribution is 2.24. The molecule has 1 unspecified atom stereocenters. The molecule has 7 heteroatoms. The van der Waals surface area contributed by atoms with Gasteiger partial charge in [0.05, 0.1) is 13.2 Å². The largest absolute Gasteiger partial charge is 0.407 e. The van der Waals surface area contributed by atoms with Crippen LogP contribution in [0.25, 0.3) is 0 Å². The third-order valence-electron chi connectivity index (χ3n) is 2.97. The summed E-state index contributed by atoms with van der Waals surface area (Å²) in [5.74, 6) is 2.98. The Morgan fingerprint density at radius 1 is 1.56 bits per heavy atom. The van der Waals surface area contributed by atoms with Gasteiger partial charge >= 0.3 is 6.01 Å². The Balaban J connectivity index is 1.81. The SMILES string of the molecule is COCCNCc1nnc(N(C)C2CCSC2)o1. The molecule has 1 fully saturated rings. The van der Waals surface area contributed by atoms with E-state index >= 15 is 0 Å². The van der Waals surface area contributed by atoms with Gasteiger partial charge in [0.25, 0.3) is 0 Å². The number of anilines is 1. The molecule has 1 saturated heterocycles. The minimum Gasteiger partial charge on any atom is -0.407 e. The Morgan fingerprint density at radius 3 is 3.17 bits per heavy atom. The molecule has 1 aromatic rings. The zero-order valence-electron chi connectivity index (χ0n) is 10.9. The molecule has 0 bridgehead atoms. The zero-order valence-corrected chi connectivity index (χ0v) is 11.7. The molecule has 0 radical (unpaired) electrons. The first-order valence-electron chi connectivity index (χ1n) is 6.14. The number of rotatable bonds is 7. The van der Waals surface area contributed by atoms with Gasteiger partial charge in [0.15, 0.2) is 0 Å². The van der Waals surface area contributed by atoms with Crippen LogP contribution in [0.1, 0.15) is 12.3 Å². The van der Waals surface area contributed by atoms with Crippen molar-refractivity contribution in [2.45, 2.75) is 19.0 Å². The van der Waals surface area contributed by atoms with E-state index in [4.69, 9.17) is 9.15 Å². The van der Waals surface area contributed by atoms with E-state index in [2.05, 4.69) is 20.4 Å². The summed E-state index contributed by atoms with van der Waals surface area (Å²) in [6.45, 7) is 2.05. The summed E-state index contributed by atoms with van der Waals surface area (Å²) in [6.07, 6.45) is 1.19. The summed E-state index contributed by atoms with van der Waals surface area (Å²) in [5.41, 5.74) is 0. The zero-order chi connectivity index (χ0) is 12.8. The van der Waals surface area contributed by atoms with E-state index in [1.165, 1.54) is 12.2 Å². The van der Waals surface area contributed by atoms with Crippen molar-refractivity contribution in [3.05, 3.63) is 5.89 Å². The highest BCUT2D eigenvalue weighted by molar-refractivity contribution is 7.99. The number of nitrogens with zero attached hydrogens (tertiary/aromatic N) is 3. The van der Waals surface area contributed by atoms with E-state index in [1.54, 1.807) is 7.11 Å². The second-order valence-electron chi connectivity index (χ2n) is 4.28. The third-order valence-corrected chi connectivity index (χ3v) is 4.12. The fourth-order valence-electron chi connectivity index (χ4n) is 1.81. The molecule has 1 atom stereocenters. The molecule has 6 nitrogen and oxygen atoms in total. The molecule has 1 N–H and O–H groups in total. The fourth-order valence-corrected chi connectivity index (χ4v) is 3.08. The van der Waals surface area contributed by atoms with E-state index in [1.807, 2.05) is 18.8 Å². The van der Waals surface area contributed by atoms with Crippen molar-refractivity contribution >= 4 is 17.8 Å². The molecule has 0 amide bonds.